The summed E-state index contributed by atoms with van der Waals surface area (Å²) in [5.74, 6) is -0.661. The maximum absolute atomic E-state index is 10.5. The molecule has 3 nitrogen and oxygen atoms in total. The molecule has 5 heteroatoms. The van der Waals surface area contributed by atoms with E-state index in [1.807, 2.05) is 0 Å². The standard InChI is InChI=1S/C7H7NO2S.Na/c8-7(10)4-1-2-6(11)5(9)3-4;/h1-3,9,11H,(H2,8,10);/q;+1/p-1. The van der Waals surface area contributed by atoms with Crippen molar-refractivity contribution in [2.45, 2.75) is 4.90 Å². The molecule has 0 aliphatic carbocycles. The second-order valence-electron chi connectivity index (χ2n) is 2.05. The van der Waals surface area contributed by atoms with Crippen LogP contribution in [0, 0.1) is 0 Å². The van der Waals surface area contributed by atoms with E-state index in [2.05, 4.69) is 0 Å². The van der Waals surface area contributed by atoms with E-state index in [9.17, 15) is 4.79 Å². The normalized spacial score (nSPS) is 8.67. The fraction of sp³-hybridized carbons (Fsp3) is 0. The second kappa shape index (κ2) is 4.67. The van der Waals surface area contributed by atoms with Gasteiger partial charge in [0.1, 0.15) is 0 Å². The van der Waals surface area contributed by atoms with Crippen LogP contribution >= 0.6 is 0 Å². The molecule has 0 unspecified atom stereocenters. The summed E-state index contributed by atoms with van der Waals surface area (Å²) in [6.45, 7) is 0. The number of phenols is 1. The van der Waals surface area contributed by atoms with E-state index in [0.29, 0.717) is 4.90 Å². The Kier molecular flexibility index (Phi) is 4.55. The molecule has 0 saturated heterocycles. The minimum absolute atomic E-state index is 0. The Morgan fingerprint density at radius 2 is 2.08 bits per heavy atom. The Morgan fingerprint density at radius 1 is 1.50 bits per heavy atom. The van der Waals surface area contributed by atoms with Crippen molar-refractivity contribution in [1.82, 2.24) is 0 Å². The van der Waals surface area contributed by atoms with Crippen LogP contribution in [0.4, 0.5) is 0 Å². The van der Waals surface area contributed by atoms with Gasteiger partial charge in [0, 0.05) is 5.56 Å². The van der Waals surface area contributed by atoms with Crippen LogP contribution in [0.15, 0.2) is 23.1 Å². The first kappa shape index (κ1) is 11.7. The van der Waals surface area contributed by atoms with Crippen molar-refractivity contribution in [3.05, 3.63) is 23.8 Å². The van der Waals surface area contributed by atoms with Gasteiger partial charge in [-0.3, -0.25) is 4.79 Å². The van der Waals surface area contributed by atoms with Gasteiger partial charge in [0.05, 0.1) is 5.75 Å². The molecular weight excluding hydrogens is 185 g/mol. The van der Waals surface area contributed by atoms with Crippen LogP contribution < -0.4 is 35.3 Å². The molecule has 0 atom stereocenters. The zero-order valence-corrected chi connectivity index (χ0v) is 9.39. The van der Waals surface area contributed by atoms with Crippen molar-refractivity contribution in [3.8, 4) is 5.75 Å². The molecule has 1 aromatic carbocycles. The average molecular weight is 191 g/mol. The summed E-state index contributed by atoms with van der Waals surface area (Å²) >= 11 is 4.70. The maximum Gasteiger partial charge on any atom is 1.00 e. The number of aromatic hydroxyl groups is 1. The Hall–Kier alpha value is -0.290. The molecule has 1 aromatic rings. The molecule has 0 saturated carbocycles. The van der Waals surface area contributed by atoms with Crippen LogP contribution in [-0.4, -0.2) is 11.0 Å². The summed E-state index contributed by atoms with van der Waals surface area (Å²) in [7, 11) is 0. The number of nitrogens with two attached hydrogens (primary N) is 1. The largest absolute Gasteiger partial charge is 1.00 e. The Morgan fingerprint density at radius 3 is 2.50 bits per heavy atom. The van der Waals surface area contributed by atoms with Crippen molar-refractivity contribution >= 4 is 18.5 Å². The summed E-state index contributed by atoms with van der Waals surface area (Å²) in [4.78, 5) is 10.9. The summed E-state index contributed by atoms with van der Waals surface area (Å²) in [5, 5.41) is 9.04. The molecule has 0 bridgehead atoms. The number of carbonyl (C=O) groups excluding carboxylic acids is 1. The molecule has 1 amide bonds. The first-order valence-corrected chi connectivity index (χ1v) is 3.32. The van der Waals surface area contributed by atoms with Crippen LogP contribution in [0.1, 0.15) is 10.4 Å². The van der Waals surface area contributed by atoms with Gasteiger partial charge < -0.3 is 23.5 Å². The number of benzene rings is 1. The zero-order chi connectivity index (χ0) is 8.43. The number of rotatable bonds is 1. The maximum atomic E-state index is 10.5. The van der Waals surface area contributed by atoms with E-state index in [4.69, 9.17) is 23.5 Å². The number of primary amides is 1. The van der Waals surface area contributed by atoms with Gasteiger partial charge in [-0.2, -0.15) is 0 Å². The smallest absolute Gasteiger partial charge is 0.776 e. The summed E-state index contributed by atoms with van der Waals surface area (Å²) < 4.78 is 0. The minimum Gasteiger partial charge on any atom is -0.776 e. The number of hydrogen-bond donors (Lipinski definition) is 2. The third-order valence-electron chi connectivity index (χ3n) is 1.24. The molecule has 12 heavy (non-hydrogen) atoms. The van der Waals surface area contributed by atoms with E-state index in [0.717, 1.165) is 0 Å². The molecule has 0 fully saturated rings. The molecule has 0 aromatic heterocycles. The predicted octanol–water partition coefficient (Wildman–Crippen LogP) is -2.60. The summed E-state index contributed by atoms with van der Waals surface area (Å²) in [6.07, 6.45) is 0. The van der Waals surface area contributed by atoms with Gasteiger partial charge in [0.25, 0.3) is 0 Å². The minimum atomic E-state index is -0.574. The van der Waals surface area contributed by atoms with Crippen LogP contribution in [0.25, 0.3) is 0 Å². The molecule has 0 radical (unpaired) electrons. The molecule has 58 valence electrons. The molecule has 1 rings (SSSR count). The SMILES string of the molecule is NC(=O)c1ccc([S-])c(O)c1.[Na+]. The van der Waals surface area contributed by atoms with E-state index >= 15 is 0 Å². The van der Waals surface area contributed by atoms with Crippen LogP contribution in [0.5, 0.6) is 5.75 Å². The third kappa shape index (κ3) is 2.64. The molecular formula is C7H6NNaO2S. The molecule has 0 heterocycles. The van der Waals surface area contributed by atoms with Crippen molar-refractivity contribution in [3.63, 3.8) is 0 Å². The summed E-state index contributed by atoms with van der Waals surface area (Å²) in [6, 6.07) is 4.19. The van der Waals surface area contributed by atoms with Gasteiger partial charge in [-0.1, -0.05) is 12.1 Å². The number of phenolic OH excluding ortho intramolecular Hbond substituents is 1. The van der Waals surface area contributed by atoms with Gasteiger partial charge >= 0.3 is 29.6 Å². The van der Waals surface area contributed by atoms with E-state index in [1.165, 1.54) is 18.2 Å². The van der Waals surface area contributed by atoms with Gasteiger partial charge in [-0.15, -0.1) is 4.90 Å². The first-order valence-electron chi connectivity index (χ1n) is 2.91. The third-order valence-corrected chi connectivity index (χ3v) is 1.59. The van der Waals surface area contributed by atoms with Gasteiger partial charge in [-0.05, 0) is 6.07 Å². The van der Waals surface area contributed by atoms with E-state index in [-0.39, 0.29) is 40.9 Å². The first-order chi connectivity index (χ1) is 5.11. The van der Waals surface area contributed by atoms with E-state index in [1.54, 1.807) is 0 Å². The Balaban J connectivity index is 0.00000121. The molecule has 0 aliphatic rings. The van der Waals surface area contributed by atoms with E-state index < -0.39 is 5.91 Å². The van der Waals surface area contributed by atoms with Crippen LogP contribution in [0.2, 0.25) is 0 Å². The number of amides is 1. The fourth-order valence-electron chi connectivity index (χ4n) is 0.671. The molecule has 3 N–H and O–H groups in total. The van der Waals surface area contributed by atoms with Crippen molar-refractivity contribution in [1.29, 1.82) is 0 Å². The second-order valence-corrected chi connectivity index (χ2v) is 2.49. The van der Waals surface area contributed by atoms with Crippen LogP contribution in [0.3, 0.4) is 0 Å². The number of hydrogen-bond acceptors (Lipinski definition) is 3. The van der Waals surface area contributed by atoms with Gasteiger partial charge in [-0.25, -0.2) is 0 Å². The van der Waals surface area contributed by atoms with Gasteiger partial charge in [0.2, 0.25) is 5.91 Å². The predicted molar refractivity (Wildman–Crippen MR) is 42.3 cm³/mol. The zero-order valence-electron chi connectivity index (χ0n) is 6.57. The van der Waals surface area contributed by atoms with Gasteiger partial charge in [0.15, 0.2) is 0 Å². The average Bonchev–Trinajstić information content (AvgIpc) is 1.94. The Bertz CT molecular complexity index is 303. The Labute approximate surface area is 97.7 Å². The van der Waals surface area contributed by atoms with Crippen molar-refractivity contribution in [2.24, 2.45) is 5.73 Å². The quantitative estimate of drug-likeness (QED) is 0.378. The monoisotopic (exact) mass is 191 g/mol. The van der Waals surface area contributed by atoms with Crippen LogP contribution in [-0.2, 0) is 12.6 Å². The van der Waals surface area contributed by atoms with Crippen molar-refractivity contribution < 1.29 is 39.5 Å². The summed E-state index contributed by atoms with van der Waals surface area (Å²) in [5.41, 5.74) is 5.21. The van der Waals surface area contributed by atoms with Crippen molar-refractivity contribution in [2.75, 3.05) is 0 Å². The fourth-order valence-corrected chi connectivity index (χ4v) is 0.798. The number of carbonyl (C=O) groups is 1. The topological polar surface area (TPSA) is 63.3 Å². The molecule has 0 spiro atoms. The molecule has 0 aliphatic heterocycles.